The van der Waals surface area contributed by atoms with Gasteiger partial charge in [0.05, 0.1) is 23.3 Å². The van der Waals surface area contributed by atoms with Gasteiger partial charge < -0.3 is 4.57 Å². The summed E-state index contributed by atoms with van der Waals surface area (Å²) in [5.41, 5.74) is 3.43. The van der Waals surface area contributed by atoms with Crippen molar-refractivity contribution in [2.45, 2.75) is 17.5 Å². The third-order valence-electron chi connectivity index (χ3n) is 3.61. The number of nitrogens with one attached hydrogen (secondary N) is 1. The molecule has 4 aromatic rings. The van der Waals surface area contributed by atoms with E-state index >= 15 is 0 Å². The first-order valence-corrected chi connectivity index (χ1v) is 8.35. The number of nitrogens with zero attached hydrogens (tertiary/aromatic N) is 4. The average Bonchev–Trinajstić information content (AvgIpc) is 3.22. The Morgan fingerprint density at radius 2 is 1.83 bits per heavy atom. The standard InChI is InChI=1S/C17H15N5S/c1-2-6-13(7-3-1)10-22-15-9-5-4-8-14(15)20-17(22)23-11-16-18-12-19-21-16/h1-9,12H,10-11H2,(H,18,19,21). The fraction of sp³-hybridized carbons (Fsp3) is 0.118. The molecule has 0 radical (unpaired) electrons. The molecule has 0 atom stereocenters. The highest BCUT2D eigenvalue weighted by atomic mass is 32.2. The smallest absolute Gasteiger partial charge is 0.169 e. The molecule has 0 aliphatic carbocycles. The molecular weight excluding hydrogens is 306 g/mol. The van der Waals surface area contributed by atoms with Gasteiger partial charge in [0.1, 0.15) is 12.2 Å². The normalized spacial score (nSPS) is 11.1. The zero-order chi connectivity index (χ0) is 15.5. The van der Waals surface area contributed by atoms with Gasteiger partial charge in [-0.3, -0.25) is 5.10 Å². The first-order chi connectivity index (χ1) is 11.4. The van der Waals surface area contributed by atoms with Crippen LogP contribution in [-0.4, -0.2) is 24.7 Å². The van der Waals surface area contributed by atoms with Crippen LogP contribution >= 0.6 is 11.8 Å². The number of aromatic amines is 1. The molecule has 0 unspecified atom stereocenters. The lowest BCUT2D eigenvalue weighted by Crippen LogP contribution is -2.01. The molecule has 6 heteroatoms. The summed E-state index contributed by atoms with van der Waals surface area (Å²) in [4.78, 5) is 8.95. The Kier molecular flexibility index (Phi) is 3.81. The Labute approximate surface area is 137 Å². The third kappa shape index (κ3) is 2.98. The lowest BCUT2D eigenvalue weighted by Gasteiger charge is -2.08. The average molecular weight is 321 g/mol. The molecular formula is C17H15N5S. The summed E-state index contributed by atoms with van der Waals surface area (Å²) in [6.45, 7) is 0.806. The third-order valence-corrected chi connectivity index (χ3v) is 4.59. The number of hydrogen-bond acceptors (Lipinski definition) is 4. The predicted molar refractivity (Wildman–Crippen MR) is 91.2 cm³/mol. The van der Waals surface area contributed by atoms with Crippen molar-refractivity contribution in [2.24, 2.45) is 0 Å². The van der Waals surface area contributed by atoms with Gasteiger partial charge in [0.25, 0.3) is 0 Å². The van der Waals surface area contributed by atoms with Gasteiger partial charge in [-0.25, -0.2) is 9.97 Å². The minimum Gasteiger partial charge on any atom is -0.314 e. The van der Waals surface area contributed by atoms with Crippen LogP contribution in [0.4, 0.5) is 0 Å². The second kappa shape index (κ2) is 6.26. The lowest BCUT2D eigenvalue weighted by molar-refractivity contribution is 0.730. The highest BCUT2D eigenvalue weighted by molar-refractivity contribution is 7.98. The Bertz CT molecular complexity index is 899. The second-order valence-electron chi connectivity index (χ2n) is 5.18. The SMILES string of the molecule is c1ccc(Cn2c(SCc3ncn[nH]3)nc3ccccc32)cc1. The number of para-hydroxylation sites is 2. The van der Waals surface area contributed by atoms with Crippen LogP contribution in [0.1, 0.15) is 11.4 Å². The van der Waals surface area contributed by atoms with E-state index in [9.17, 15) is 0 Å². The maximum Gasteiger partial charge on any atom is 0.169 e. The van der Waals surface area contributed by atoms with E-state index in [1.165, 1.54) is 11.9 Å². The van der Waals surface area contributed by atoms with E-state index in [4.69, 9.17) is 4.98 Å². The maximum absolute atomic E-state index is 4.77. The van der Waals surface area contributed by atoms with Crippen molar-refractivity contribution in [3.05, 3.63) is 72.3 Å². The number of imidazole rings is 1. The van der Waals surface area contributed by atoms with E-state index in [0.29, 0.717) is 0 Å². The number of fused-ring (bicyclic) bond motifs is 1. The summed E-state index contributed by atoms with van der Waals surface area (Å²) >= 11 is 1.67. The summed E-state index contributed by atoms with van der Waals surface area (Å²) < 4.78 is 2.26. The molecule has 0 fully saturated rings. The topological polar surface area (TPSA) is 59.4 Å². The molecule has 114 valence electrons. The van der Waals surface area contributed by atoms with Crippen LogP contribution in [0.3, 0.4) is 0 Å². The highest BCUT2D eigenvalue weighted by Gasteiger charge is 2.12. The fourth-order valence-corrected chi connectivity index (χ4v) is 3.40. The van der Waals surface area contributed by atoms with E-state index in [0.717, 1.165) is 34.3 Å². The van der Waals surface area contributed by atoms with Crippen LogP contribution in [0.2, 0.25) is 0 Å². The lowest BCUT2D eigenvalue weighted by atomic mass is 10.2. The summed E-state index contributed by atoms with van der Waals surface area (Å²) in [5.74, 6) is 1.58. The van der Waals surface area contributed by atoms with Gasteiger partial charge in [-0.2, -0.15) is 5.10 Å². The van der Waals surface area contributed by atoms with Crippen LogP contribution in [0.25, 0.3) is 11.0 Å². The van der Waals surface area contributed by atoms with Gasteiger partial charge in [-0.15, -0.1) is 0 Å². The van der Waals surface area contributed by atoms with Crippen molar-refractivity contribution in [2.75, 3.05) is 0 Å². The van der Waals surface area contributed by atoms with Crippen molar-refractivity contribution in [1.82, 2.24) is 24.7 Å². The predicted octanol–water partition coefficient (Wildman–Crippen LogP) is 3.50. The molecule has 0 saturated carbocycles. The largest absolute Gasteiger partial charge is 0.314 e. The summed E-state index contributed by atoms with van der Waals surface area (Å²) in [6, 6.07) is 18.7. The minimum absolute atomic E-state index is 0.720. The Morgan fingerprint density at radius 3 is 2.65 bits per heavy atom. The van der Waals surface area contributed by atoms with E-state index in [1.54, 1.807) is 11.8 Å². The summed E-state index contributed by atoms with van der Waals surface area (Å²) in [7, 11) is 0. The van der Waals surface area contributed by atoms with E-state index < -0.39 is 0 Å². The molecule has 23 heavy (non-hydrogen) atoms. The number of H-pyrrole nitrogens is 1. The maximum atomic E-state index is 4.77. The molecule has 0 spiro atoms. The number of benzene rings is 2. The van der Waals surface area contributed by atoms with Gasteiger partial charge in [0, 0.05) is 0 Å². The number of thioether (sulfide) groups is 1. The first kappa shape index (κ1) is 14.0. The van der Waals surface area contributed by atoms with Gasteiger partial charge in [0.15, 0.2) is 5.16 Å². The van der Waals surface area contributed by atoms with E-state index in [2.05, 4.69) is 62.2 Å². The summed E-state index contributed by atoms with van der Waals surface area (Å²) in [5, 5.41) is 7.77. The molecule has 2 aromatic carbocycles. The van der Waals surface area contributed by atoms with Gasteiger partial charge >= 0.3 is 0 Å². The van der Waals surface area contributed by atoms with Gasteiger partial charge in [-0.05, 0) is 17.7 Å². The molecule has 2 aromatic heterocycles. The van der Waals surface area contributed by atoms with Crippen molar-refractivity contribution in [3.8, 4) is 0 Å². The molecule has 2 heterocycles. The summed E-state index contributed by atoms with van der Waals surface area (Å²) in [6.07, 6.45) is 1.53. The molecule has 0 aliphatic heterocycles. The molecule has 0 amide bonds. The van der Waals surface area contributed by atoms with Crippen molar-refractivity contribution < 1.29 is 0 Å². The van der Waals surface area contributed by atoms with Gasteiger partial charge in [0.2, 0.25) is 0 Å². The quantitative estimate of drug-likeness (QED) is 0.572. The molecule has 0 saturated heterocycles. The zero-order valence-corrected chi connectivity index (χ0v) is 13.2. The van der Waals surface area contributed by atoms with Crippen LogP contribution in [0.5, 0.6) is 0 Å². The molecule has 0 bridgehead atoms. The number of aromatic nitrogens is 5. The van der Waals surface area contributed by atoms with Crippen molar-refractivity contribution in [3.63, 3.8) is 0 Å². The molecule has 1 N–H and O–H groups in total. The number of rotatable bonds is 5. The van der Waals surface area contributed by atoms with Crippen LogP contribution in [0.15, 0.2) is 66.1 Å². The number of hydrogen-bond donors (Lipinski definition) is 1. The van der Waals surface area contributed by atoms with E-state index in [-0.39, 0.29) is 0 Å². The van der Waals surface area contributed by atoms with Crippen molar-refractivity contribution in [1.29, 1.82) is 0 Å². The minimum atomic E-state index is 0.720. The van der Waals surface area contributed by atoms with Crippen LogP contribution in [0, 0.1) is 0 Å². The molecule has 4 rings (SSSR count). The first-order valence-electron chi connectivity index (χ1n) is 7.36. The monoisotopic (exact) mass is 321 g/mol. The van der Waals surface area contributed by atoms with Crippen LogP contribution < -0.4 is 0 Å². The van der Waals surface area contributed by atoms with E-state index in [1.807, 2.05) is 12.1 Å². The highest BCUT2D eigenvalue weighted by Crippen LogP contribution is 2.26. The van der Waals surface area contributed by atoms with Crippen LogP contribution in [-0.2, 0) is 12.3 Å². The molecule has 5 nitrogen and oxygen atoms in total. The Balaban J connectivity index is 1.69. The Morgan fingerprint density at radius 1 is 1.00 bits per heavy atom. The molecule has 0 aliphatic rings. The van der Waals surface area contributed by atoms with Gasteiger partial charge in [-0.1, -0.05) is 54.2 Å². The fourth-order valence-electron chi connectivity index (χ4n) is 2.52. The van der Waals surface area contributed by atoms with Crippen molar-refractivity contribution >= 4 is 22.8 Å². The Hall–Kier alpha value is -2.60. The second-order valence-corrected chi connectivity index (χ2v) is 6.12. The zero-order valence-electron chi connectivity index (χ0n) is 12.4.